The van der Waals surface area contributed by atoms with Crippen LogP contribution in [0.2, 0.25) is 0 Å². The number of nitrogens with zero attached hydrogens (tertiary/aromatic N) is 2. The third-order valence-corrected chi connectivity index (χ3v) is 3.11. The number of rotatable bonds is 5. The lowest BCUT2D eigenvalue weighted by Gasteiger charge is -2.04. The second-order valence-electron chi connectivity index (χ2n) is 4.89. The molecule has 0 unspecified atom stereocenters. The van der Waals surface area contributed by atoms with Crippen LogP contribution in [0.25, 0.3) is 12.2 Å². The molecule has 0 saturated carbocycles. The first kappa shape index (κ1) is 16.8. The lowest BCUT2D eigenvalue weighted by atomic mass is 10.1. The van der Waals surface area contributed by atoms with Gasteiger partial charge in [0.05, 0.1) is 15.4 Å². The quantitative estimate of drug-likeness (QED) is 0.511. The molecule has 0 atom stereocenters. The van der Waals surface area contributed by atoms with Crippen LogP contribution in [0.4, 0.5) is 17.1 Å². The van der Waals surface area contributed by atoms with Crippen LogP contribution in [0.1, 0.15) is 18.1 Å². The van der Waals surface area contributed by atoms with Crippen LogP contribution in [0.5, 0.6) is 0 Å². The maximum atomic E-state index is 11.2. The number of carbonyl (C=O) groups is 1. The van der Waals surface area contributed by atoms with Crippen molar-refractivity contribution in [3.8, 4) is 0 Å². The Morgan fingerprint density at radius 2 is 1.67 bits per heavy atom. The second-order valence-corrected chi connectivity index (χ2v) is 4.89. The standard InChI is InChI=1S/C16H13N3O5/c1-11(20)17-14-7-6-13(16(10-14)19(23)24)5-2-12-3-8-15(9-4-12)18(21)22/h2-10H,1H3,(H,17,20)/b5-2+. The van der Waals surface area contributed by atoms with Gasteiger partial charge in [0, 0.05) is 30.8 Å². The van der Waals surface area contributed by atoms with Gasteiger partial charge in [-0.2, -0.15) is 0 Å². The highest BCUT2D eigenvalue weighted by Gasteiger charge is 2.13. The molecule has 2 aromatic rings. The van der Waals surface area contributed by atoms with Crippen LogP contribution in [0, 0.1) is 20.2 Å². The number of non-ortho nitro benzene ring substituents is 1. The van der Waals surface area contributed by atoms with Gasteiger partial charge in [-0.05, 0) is 35.9 Å². The molecule has 0 heterocycles. The molecule has 8 nitrogen and oxygen atoms in total. The van der Waals surface area contributed by atoms with Crippen molar-refractivity contribution in [2.24, 2.45) is 0 Å². The zero-order valence-corrected chi connectivity index (χ0v) is 12.6. The fourth-order valence-corrected chi connectivity index (χ4v) is 2.02. The molecule has 0 aliphatic carbocycles. The van der Waals surface area contributed by atoms with E-state index in [0.717, 1.165) is 0 Å². The highest BCUT2D eigenvalue weighted by Crippen LogP contribution is 2.25. The SMILES string of the molecule is CC(=O)Nc1ccc(/C=C/c2ccc([N+](=O)[O-])cc2)c([N+](=O)[O-])c1. The molecule has 2 rings (SSSR count). The maximum absolute atomic E-state index is 11.2. The number of anilines is 1. The molecule has 0 bridgehead atoms. The van der Waals surface area contributed by atoms with Gasteiger partial charge in [0.15, 0.2) is 0 Å². The van der Waals surface area contributed by atoms with Crippen molar-refractivity contribution in [1.29, 1.82) is 0 Å². The van der Waals surface area contributed by atoms with Crippen molar-refractivity contribution in [2.45, 2.75) is 6.92 Å². The van der Waals surface area contributed by atoms with Crippen LogP contribution in [0.15, 0.2) is 42.5 Å². The smallest absolute Gasteiger partial charge is 0.278 e. The Morgan fingerprint density at radius 3 is 2.21 bits per heavy atom. The molecule has 1 N–H and O–H groups in total. The first-order valence-corrected chi connectivity index (χ1v) is 6.85. The molecular weight excluding hydrogens is 314 g/mol. The molecule has 0 spiro atoms. The fourth-order valence-electron chi connectivity index (χ4n) is 2.02. The van der Waals surface area contributed by atoms with Crippen LogP contribution < -0.4 is 5.32 Å². The van der Waals surface area contributed by atoms with Gasteiger partial charge in [0.2, 0.25) is 5.91 Å². The maximum Gasteiger partial charge on any atom is 0.278 e. The Hall–Kier alpha value is -3.55. The van der Waals surface area contributed by atoms with Gasteiger partial charge in [-0.3, -0.25) is 25.0 Å². The topological polar surface area (TPSA) is 115 Å². The summed E-state index contributed by atoms with van der Waals surface area (Å²) in [6.07, 6.45) is 3.15. The Bertz CT molecular complexity index is 828. The van der Waals surface area contributed by atoms with E-state index in [9.17, 15) is 25.0 Å². The highest BCUT2D eigenvalue weighted by molar-refractivity contribution is 5.89. The van der Waals surface area contributed by atoms with Crippen molar-refractivity contribution in [3.63, 3.8) is 0 Å². The first-order valence-electron chi connectivity index (χ1n) is 6.85. The zero-order chi connectivity index (χ0) is 17.7. The van der Waals surface area contributed by atoms with Crippen LogP contribution in [-0.4, -0.2) is 15.8 Å². The van der Waals surface area contributed by atoms with Crippen molar-refractivity contribution >= 4 is 35.1 Å². The molecule has 2 aromatic carbocycles. The Morgan fingerprint density at radius 1 is 1.00 bits per heavy atom. The normalized spacial score (nSPS) is 10.5. The van der Waals surface area contributed by atoms with Gasteiger partial charge in [0.1, 0.15) is 0 Å². The molecule has 0 aliphatic heterocycles. The minimum Gasteiger partial charge on any atom is -0.326 e. The minimum atomic E-state index is -0.541. The molecule has 0 aliphatic rings. The summed E-state index contributed by atoms with van der Waals surface area (Å²) in [5, 5.41) is 24.3. The van der Waals surface area contributed by atoms with E-state index in [1.807, 2.05) is 0 Å². The number of nitro benzene ring substituents is 2. The molecule has 24 heavy (non-hydrogen) atoms. The average molecular weight is 327 g/mol. The first-order chi connectivity index (χ1) is 11.4. The summed E-state index contributed by atoms with van der Waals surface area (Å²) in [6, 6.07) is 10.2. The van der Waals surface area contributed by atoms with Crippen molar-refractivity contribution in [1.82, 2.24) is 0 Å². The van der Waals surface area contributed by atoms with Gasteiger partial charge >= 0.3 is 0 Å². The molecule has 122 valence electrons. The summed E-state index contributed by atoms with van der Waals surface area (Å²) in [5.41, 5.74) is 1.17. The van der Waals surface area contributed by atoms with Crippen molar-refractivity contribution in [3.05, 3.63) is 73.8 Å². The monoisotopic (exact) mass is 327 g/mol. The fraction of sp³-hybridized carbons (Fsp3) is 0.0625. The largest absolute Gasteiger partial charge is 0.326 e. The number of carbonyl (C=O) groups excluding carboxylic acids is 1. The molecule has 0 radical (unpaired) electrons. The van der Waals surface area contributed by atoms with Gasteiger partial charge < -0.3 is 5.32 Å². The molecular formula is C16H13N3O5. The minimum absolute atomic E-state index is 0.0298. The van der Waals surface area contributed by atoms with Crippen molar-refractivity contribution < 1.29 is 14.6 Å². The number of benzene rings is 2. The van der Waals surface area contributed by atoms with E-state index in [0.29, 0.717) is 16.8 Å². The third kappa shape index (κ3) is 4.23. The summed E-state index contributed by atoms with van der Waals surface area (Å²) < 4.78 is 0. The summed E-state index contributed by atoms with van der Waals surface area (Å²) in [5.74, 6) is -0.321. The summed E-state index contributed by atoms with van der Waals surface area (Å²) >= 11 is 0. The van der Waals surface area contributed by atoms with Crippen LogP contribution in [0.3, 0.4) is 0 Å². The molecule has 1 amide bonds. The van der Waals surface area contributed by atoms with E-state index < -0.39 is 9.85 Å². The number of hydrogen-bond donors (Lipinski definition) is 1. The van der Waals surface area contributed by atoms with Crippen molar-refractivity contribution in [2.75, 3.05) is 5.32 Å². The predicted molar refractivity (Wildman–Crippen MR) is 89.4 cm³/mol. The highest BCUT2D eigenvalue weighted by atomic mass is 16.6. The predicted octanol–water partition coefficient (Wildman–Crippen LogP) is 3.63. The summed E-state index contributed by atoms with van der Waals surface area (Å²) in [4.78, 5) is 31.8. The number of amides is 1. The number of nitro groups is 2. The Labute approximate surface area is 136 Å². The number of hydrogen-bond acceptors (Lipinski definition) is 5. The molecule has 0 saturated heterocycles. The Kier molecular flexibility index (Phi) is 5.00. The van der Waals surface area contributed by atoms with E-state index in [1.165, 1.54) is 37.3 Å². The Balaban J connectivity index is 2.29. The van der Waals surface area contributed by atoms with Crippen LogP contribution >= 0.6 is 0 Å². The summed E-state index contributed by atoms with van der Waals surface area (Å²) in [7, 11) is 0. The van der Waals surface area contributed by atoms with E-state index >= 15 is 0 Å². The average Bonchev–Trinajstić information content (AvgIpc) is 2.53. The van der Waals surface area contributed by atoms with Gasteiger partial charge in [0.25, 0.3) is 11.4 Å². The zero-order valence-electron chi connectivity index (χ0n) is 12.6. The van der Waals surface area contributed by atoms with E-state index in [4.69, 9.17) is 0 Å². The van der Waals surface area contributed by atoms with Gasteiger partial charge in [-0.15, -0.1) is 0 Å². The lowest BCUT2D eigenvalue weighted by molar-refractivity contribution is -0.385. The lowest BCUT2D eigenvalue weighted by Crippen LogP contribution is -2.06. The van der Waals surface area contributed by atoms with E-state index in [1.54, 1.807) is 24.3 Å². The second kappa shape index (κ2) is 7.14. The third-order valence-electron chi connectivity index (χ3n) is 3.11. The van der Waals surface area contributed by atoms with Gasteiger partial charge in [-0.25, -0.2) is 0 Å². The molecule has 0 aromatic heterocycles. The van der Waals surface area contributed by atoms with Crippen LogP contribution in [-0.2, 0) is 4.79 Å². The summed E-state index contributed by atoms with van der Waals surface area (Å²) in [6.45, 7) is 1.31. The molecule has 0 fully saturated rings. The van der Waals surface area contributed by atoms with Gasteiger partial charge in [-0.1, -0.05) is 6.08 Å². The van der Waals surface area contributed by atoms with E-state index in [2.05, 4.69) is 5.32 Å². The number of nitrogens with one attached hydrogen (secondary N) is 1. The van der Waals surface area contributed by atoms with E-state index in [-0.39, 0.29) is 17.3 Å². The molecule has 8 heteroatoms.